The summed E-state index contributed by atoms with van der Waals surface area (Å²) in [6, 6.07) is 0. The maximum atomic E-state index is 9.92. The summed E-state index contributed by atoms with van der Waals surface area (Å²) in [6.07, 6.45) is 11.4. The van der Waals surface area contributed by atoms with Gasteiger partial charge in [0.1, 0.15) is 0 Å². The van der Waals surface area contributed by atoms with Gasteiger partial charge in [0, 0.05) is 5.92 Å². The molecule has 0 aliphatic heterocycles. The highest BCUT2D eigenvalue weighted by Crippen LogP contribution is 2.28. The summed E-state index contributed by atoms with van der Waals surface area (Å²) in [5.74, 6) is 0.308. The largest absolute Gasteiger partial charge is 0.385 e. The van der Waals surface area contributed by atoms with E-state index >= 15 is 0 Å². The van der Waals surface area contributed by atoms with E-state index in [0.29, 0.717) is 5.92 Å². The molecule has 0 aromatic carbocycles. The molecule has 2 atom stereocenters. The molecule has 0 saturated carbocycles. The Bertz CT molecular complexity index is 189. The van der Waals surface area contributed by atoms with Gasteiger partial charge in [-0.05, 0) is 13.3 Å². The van der Waals surface area contributed by atoms with Crippen LogP contribution in [0.5, 0.6) is 0 Å². The third kappa shape index (κ3) is 2.21. The van der Waals surface area contributed by atoms with E-state index in [0.717, 1.165) is 6.42 Å². The SMILES string of the molecule is CCCCC1C=CC=CC1(C)O. The quantitative estimate of drug-likeness (QED) is 0.683. The fourth-order valence-corrected chi connectivity index (χ4v) is 1.58. The summed E-state index contributed by atoms with van der Waals surface area (Å²) in [7, 11) is 0. The van der Waals surface area contributed by atoms with Gasteiger partial charge in [-0.15, -0.1) is 0 Å². The lowest BCUT2D eigenvalue weighted by Crippen LogP contribution is -2.32. The zero-order chi connectivity index (χ0) is 9.03. The Balaban J connectivity index is 2.52. The molecule has 1 nitrogen and oxygen atoms in total. The summed E-state index contributed by atoms with van der Waals surface area (Å²) < 4.78 is 0. The van der Waals surface area contributed by atoms with Crippen LogP contribution in [0.15, 0.2) is 24.3 Å². The first-order valence-electron chi connectivity index (χ1n) is 4.75. The number of rotatable bonds is 3. The van der Waals surface area contributed by atoms with Gasteiger partial charge in [0.25, 0.3) is 0 Å². The second-order valence-corrected chi connectivity index (χ2v) is 3.72. The highest BCUT2D eigenvalue weighted by atomic mass is 16.3. The summed E-state index contributed by atoms with van der Waals surface area (Å²) >= 11 is 0. The summed E-state index contributed by atoms with van der Waals surface area (Å²) in [6.45, 7) is 4.06. The molecule has 1 rings (SSSR count). The van der Waals surface area contributed by atoms with E-state index in [4.69, 9.17) is 0 Å². The van der Waals surface area contributed by atoms with Crippen molar-refractivity contribution in [2.75, 3.05) is 0 Å². The van der Waals surface area contributed by atoms with Gasteiger partial charge in [-0.3, -0.25) is 0 Å². The second kappa shape index (κ2) is 3.90. The maximum absolute atomic E-state index is 9.92. The van der Waals surface area contributed by atoms with Gasteiger partial charge in [-0.2, -0.15) is 0 Å². The predicted octanol–water partition coefficient (Wildman–Crippen LogP) is 2.67. The van der Waals surface area contributed by atoms with Crippen molar-refractivity contribution < 1.29 is 5.11 Å². The average molecular weight is 166 g/mol. The fraction of sp³-hybridized carbons (Fsp3) is 0.636. The normalized spacial score (nSPS) is 34.1. The van der Waals surface area contributed by atoms with Crippen LogP contribution in [0.3, 0.4) is 0 Å². The molecule has 1 aliphatic carbocycles. The van der Waals surface area contributed by atoms with Crippen LogP contribution in [-0.2, 0) is 0 Å². The highest BCUT2D eigenvalue weighted by molar-refractivity contribution is 5.20. The van der Waals surface area contributed by atoms with Crippen molar-refractivity contribution in [1.82, 2.24) is 0 Å². The van der Waals surface area contributed by atoms with Crippen LogP contribution in [0.1, 0.15) is 33.1 Å². The monoisotopic (exact) mass is 166 g/mol. The lowest BCUT2D eigenvalue weighted by molar-refractivity contribution is 0.0609. The van der Waals surface area contributed by atoms with Crippen molar-refractivity contribution in [2.45, 2.75) is 38.7 Å². The molecule has 68 valence electrons. The predicted molar refractivity (Wildman–Crippen MR) is 51.9 cm³/mol. The topological polar surface area (TPSA) is 20.2 Å². The molecule has 0 bridgehead atoms. The Kier molecular flexibility index (Phi) is 3.10. The molecule has 2 unspecified atom stereocenters. The van der Waals surface area contributed by atoms with Crippen LogP contribution in [0.2, 0.25) is 0 Å². The van der Waals surface area contributed by atoms with Gasteiger partial charge in [-0.25, -0.2) is 0 Å². The van der Waals surface area contributed by atoms with Crippen LogP contribution in [0, 0.1) is 5.92 Å². The number of hydrogen-bond acceptors (Lipinski definition) is 1. The van der Waals surface area contributed by atoms with Gasteiger partial charge in [0.15, 0.2) is 0 Å². The molecule has 0 aromatic heterocycles. The first-order valence-corrected chi connectivity index (χ1v) is 4.75. The van der Waals surface area contributed by atoms with E-state index < -0.39 is 5.60 Å². The van der Waals surface area contributed by atoms with E-state index in [1.54, 1.807) is 0 Å². The Hall–Kier alpha value is -0.560. The third-order valence-corrected chi connectivity index (χ3v) is 2.51. The van der Waals surface area contributed by atoms with Crippen LogP contribution in [0.25, 0.3) is 0 Å². The minimum atomic E-state index is -0.621. The van der Waals surface area contributed by atoms with Gasteiger partial charge >= 0.3 is 0 Å². The van der Waals surface area contributed by atoms with E-state index in [1.165, 1.54) is 12.8 Å². The molecule has 1 aliphatic rings. The van der Waals surface area contributed by atoms with Gasteiger partial charge < -0.3 is 5.11 Å². The molecule has 0 amide bonds. The molecule has 1 heteroatoms. The van der Waals surface area contributed by atoms with Crippen LogP contribution < -0.4 is 0 Å². The Morgan fingerprint density at radius 2 is 2.17 bits per heavy atom. The Morgan fingerprint density at radius 1 is 1.42 bits per heavy atom. The van der Waals surface area contributed by atoms with E-state index in [2.05, 4.69) is 13.0 Å². The van der Waals surface area contributed by atoms with Crippen LogP contribution >= 0.6 is 0 Å². The molecule has 0 radical (unpaired) electrons. The molecule has 12 heavy (non-hydrogen) atoms. The molecular weight excluding hydrogens is 148 g/mol. The van der Waals surface area contributed by atoms with Crippen LogP contribution in [0.4, 0.5) is 0 Å². The average Bonchev–Trinajstić information content (AvgIpc) is 2.02. The Morgan fingerprint density at radius 3 is 2.75 bits per heavy atom. The summed E-state index contributed by atoms with van der Waals surface area (Å²) in [5, 5.41) is 9.92. The van der Waals surface area contributed by atoms with Gasteiger partial charge in [0.05, 0.1) is 5.60 Å². The lowest BCUT2D eigenvalue weighted by atomic mass is 9.82. The molecular formula is C11H18O. The first-order chi connectivity index (χ1) is 5.67. The van der Waals surface area contributed by atoms with Crippen molar-refractivity contribution in [1.29, 1.82) is 0 Å². The Labute approximate surface area is 74.8 Å². The van der Waals surface area contributed by atoms with Crippen LogP contribution in [-0.4, -0.2) is 10.7 Å². The van der Waals surface area contributed by atoms with E-state index in [1.807, 2.05) is 25.2 Å². The molecule has 0 saturated heterocycles. The minimum absolute atomic E-state index is 0.308. The molecule has 0 heterocycles. The van der Waals surface area contributed by atoms with Crippen molar-refractivity contribution in [3.8, 4) is 0 Å². The first kappa shape index (κ1) is 9.53. The zero-order valence-corrected chi connectivity index (χ0v) is 7.96. The van der Waals surface area contributed by atoms with E-state index in [-0.39, 0.29) is 0 Å². The van der Waals surface area contributed by atoms with Gasteiger partial charge in [0.2, 0.25) is 0 Å². The second-order valence-electron chi connectivity index (χ2n) is 3.72. The van der Waals surface area contributed by atoms with E-state index in [9.17, 15) is 5.11 Å². The lowest BCUT2D eigenvalue weighted by Gasteiger charge is -2.29. The highest BCUT2D eigenvalue weighted by Gasteiger charge is 2.27. The smallest absolute Gasteiger partial charge is 0.0865 e. The van der Waals surface area contributed by atoms with Crippen molar-refractivity contribution >= 4 is 0 Å². The zero-order valence-electron chi connectivity index (χ0n) is 7.96. The maximum Gasteiger partial charge on any atom is 0.0865 e. The number of unbranched alkanes of at least 4 members (excludes halogenated alkanes) is 1. The molecule has 1 N–H and O–H groups in total. The summed E-state index contributed by atoms with van der Waals surface area (Å²) in [4.78, 5) is 0. The molecule has 0 spiro atoms. The number of aliphatic hydroxyl groups is 1. The standard InChI is InChI=1S/C11H18O/c1-3-4-7-10-8-5-6-9-11(10,2)12/h5-6,8-10,12H,3-4,7H2,1-2H3. The number of hydrogen-bond donors (Lipinski definition) is 1. The minimum Gasteiger partial charge on any atom is -0.385 e. The number of allylic oxidation sites excluding steroid dienone is 2. The van der Waals surface area contributed by atoms with Crippen molar-refractivity contribution in [3.63, 3.8) is 0 Å². The van der Waals surface area contributed by atoms with Crippen molar-refractivity contribution in [2.24, 2.45) is 5.92 Å². The summed E-state index contributed by atoms with van der Waals surface area (Å²) in [5.41, 5.74) is -0.621. The molecule has 0 fully saturated rings. The molecule has 0 aromatic rings. The third-order valence-electron chi connectivity index (χ3n) is 2.51. The fourth-order valence-electron chi connectivity index (χ4n) is 1.58. The van der Waals surface area contributed by atoms with Gasteiger partial charge in [-0.1, -0.05) is 44.1 Å². The van der Waals surface area contributed by atoms with Crippen molar-refractivity contribution in [3.05, 3.63) is 24.3 Å².